The lowest BCUT2D eigenvalue weighted by Gasteiger charge is -2.31. The summed E-state index contributed by atoms with van der Waals surface area (Å²) in [4.78, 5) is 0. The molecule has 62 valence electrons. The minimum absolute atomic E-state index is 0.222. The molecular weight excluding hydrogens is 244 g/mol. The van der Waals surface area contributed by atoms with Crippen molar-refractivity contribution in [3.8, 4) is 0 Å². The quantitative estimate of drug-likeness (QED) is 0.551. The molecule has 0 aliphatic carbocycles. The Balaban J connectivity index is 4.15. The van der Waals surface area contributed by atoms with Crippen molar-refractivity contribution in [2.45, 2.75) is 45.6 Å². The van der Waals surface area contributed by atoms with Crippen LogP contribution in [0.1, 0.15) is 40.0 Å². The molecule has 0 fully saturated rings. The van der Waals surface area contributed by atoms with E-state index in [0.717, 1.165) is 22.6 Å². The Labute approximate surface area is 76.4 Å². The first-order chi connectivity index (χ1) is 4.63. The van der Waals surface area contributed by atoms with Gasteiger partial charge >= 0.3 is 0 Å². The molecule has 0 spiro atoms. The largest absolute Gasteiger partial charge is 0.123 e. The molecule has 0 rings (SSSR count). The number of nitrogens with zero attached hydrogens (tertiary/aromatic N) is 1. The highest BCUT2D eigenvalue weighted by Gasteiger charge is 2.30. The summed E-state index contributed by atoms with van der Waals surface area (Å²) in [7, 11) is 0. The minimum Gasteiger partial charge on any atom is -0.123 e. The Bertz CT molecular complexity index is 83.3. The molecular formula is C7H15FIN. The molecule has 0 aromatic heterocycles. The zero-order valence-corrected chi connectivity index (χ0v) is 8.98. The molecule has 0 saturated carbocycles. The molecule has 0 unspecified atom stereocenters. The second-order valence-corrected chi connectivity index (χ2v) is 3.37. The summed E-state index contributed by atoms with van der Waals surface area (Å²) in [6.07, 6.45) is 2.62. The number of rotatable bonds is 4. The van der Waals surface area contributed by atoms with E-state index < -0.39 is 0 Å². The van der Waals surface area contributed by atoms with Crippen molar-refractivity contribution in [2.24, 2.45) is 0 Å². The zero-order chi connectivity index (χ0) is 8.20. The van der Waals surface area contributed by atoms with Gasteiger partial charge in [-0.1, -0.05) is 24.1 Å². The van der Waals surface area contributed by atoms with Crippen molar-refractivity contribution in [1.29, 1.82) is 0 Å². The van der Waals surface area contributed by atoms with Crippen LogP contribution in [0.3, 0.4) is 0 Å². The Hall–Kier alpha value is 0.620. The third-order valence-electron chi connectivity index (χ3n) is 2.33. The van der Waals surface area contributed by atoms with Crippen molar-refractivity contribution in [2.75, 3.05) is 0 Å². The third-order valence-corrected chi connectivity index (χ3v) is 3.36. The van der Waals surface area contributed by atoms with Gasteiger partial charge in [-0.3, -0.25) is 0 Å². The molecule has 1 nitrogen and oxygen atoms in total. The van der Waals surface area contributed by atoms with Crippen LogP contribution in [0.2, 0.25) is 0 Å². The maximum absolute atomic E-state index is 12.8. The standard InChI is InChI=1S/C7H15FIN/c1-4-7(5-2,6-3)10(8)9/h4-6H2,1-3H3. The maximum Gasteiger partial charge on any atom is 0.0611 e. The highest BCUT2D eigenvalue weighted by atomic mass is 127. The van der Waals surface area contributed by atoms with Gasteiger partial charge in [0.1, 0.15) is 0 Å². The minimum atomic E-state index is -0.222. The Morgan fingerprint density at radius 2 is 1.50 bits per heavy atom. The van der Waals surface area contributed by atoms with Crippen molar-refractivity contribution in [3.05, 3.63) is 0 Å². The van der Waals surface area contributed by atoms with Crippen LogP contribution in [0.4, 0.5) is 4.48 Å². The first kappa shape index (κ1) is 10.6. The van der Waals surface area contributed by atoms with Gasteiger partial charge in [-0.05, 0) is 19.3 Å². The van der Waals surface area contributed by atoms with Gasteiger partial charge in [0, 0.05) is 0 Å². The van der Waals surface area contributed by atoms with E-state index in [1.165, 1.54) is 0 Å². The first-order valence-electron chi connectivity index (χ1n) is 3.74. The van der Waals surface area contributed by atoms with Crippen LogP contribution in [0.5, 0.6) is 0 Å². The van der Waals surface area contributed by atoms with Gasteiger partial charge in [0.2, 0.25) is 0 Å². The second kappa shape index (κ2) is 4.49. The van der Waals surface area contributed by atoms with E-state index in [4.69, 9.17) is 0 Å². The summed E-state index contributed by atoms with van der Waals surface area (Å²) in [6.45, 7) is 6.08. The third kappa shape index (κ3) is 2.05. The van der Waals surface area contributed by atoms with Crippen LogP contribution in [0.15, 0.2) is 0 Å². The molecule has 0 atom stereocenters. The van der Waals surface area contributed by atoms with E-state index in [-0.39, 0.29) is 5.54 Å². The molecule has 0 aromatic rings. The molecule has 0 N–H and O–H groups in total. The second-order valence-electron chi connectivity index (χ2n) is 2.52. The molecule has 0 amide bonds. The van der Waals surface area contributed by atoms with E-state index in [1.54, 1.807) is 22.9 Å². The molecule has 0 radical (unpaired) electrons. The van der Waals surface area contributed by atoms with E-state index in [0.29, 0.717) is 0 Å². The number of hydrogen-bond donors (Lipinski definition) is 0. The van der Waals surface area contributed by atoms with Crippen molar-refractivity contribution in [3.63, 3.8) is 0 Å². The van der Waals surface area contributed by atoms with Gasteiger partial charge < -0.3 is 0 Å². The molecule has 3 heteroatoms. The maximum atomic E-state index is 12.8. The van der Waals surface area contributed by atoms with Crippen LogP contribution >= 0.6 is 22.9 Å². The fraction of sp³-hybridized carbons (Fsp3) is 1.00. The summed E-state index contributed by atoms with van der Waals surface area (Å²) in [5, 5.41) is 0. The monoisotopic (exact) mass is 259 g/mol. The number of hydrogen-bond acceptors (Lipinski definition) is 1. The fourth-order valence-electron chi connectivity index (χ4n) is 1.11. The molecule has 0 aliphatic heterocycles. The van der Waals surface area contributed by atoms with Gasteiger partial charge in [-0.2, -0.15) is 0 Å². The Kier molecular flexibility index (Phi) is 4.77. The highest BCUT2D eigenvalue weighted by molar-refractivity contribution is 14.1. The van der Waals surface area contributed by atoms with E-state index in [2.05, 4.69) is 0 Å². The van der Waals surface area contributed by atoms with Gasteiger partial charge in [0.25, 0.3) is 0 Å². The molecule has 0 aliphatic rings. The Morgan fingerprint density at radius 3 is 1.50 bits per heavy atom. The lowest BCUT2D eigenvalue weighted by Crippen LogP contribution is -2.36. The molecule has 0 heterocycles. The predicted molar refractivity (Wildman–Crippen MR) is 50.6 cm³/mol. The lowest BCUT2D eigenvalue weighted by molar-refractivity contribution is 0.0343. The first-order valence-corrected chi connectivity index (χ1v) is 4.71. The van der Waals surface area contributed by atoms with Crippen LogP contribution in [0.25, 0.3) is 0 Å². The van der Waals surface area contributed by atoms with Gasteiger partial charge in [0.15, 0.2) is 0 Å². The summed E-state index contributed by atoms with van der Waals surface area (Å²) in [5.41, 5.74) is -0.222. The van der Waals surface area contributed by atoms with E-state index in [1.807, 2.05) is 20.8 Å². The average molecular weight is 259 g/mol. The van der Waals surface area contributed by atoms with E-state index >= 15 is 0 Å². The van der Waals surface area contributed by atoms with Crippen LogP contribution < -0.4 is 0 Å². The van der Waals surface area contributed by atoms with Crippen molar-refractivity contribution in [1.82, 2.24) is 3.34 Å². The van der Waals surface area contributed by atoms with Gasteiger partial charge in [-0.15, -0.1) is 4.48 Å². The molecule has 0 aromatic carbocycles. The molecule has 0 bridgehead atoms. The van der Waals surface area contributed by atoms with Crippen molar-refractivity contribution >= 4 is 22.9 Å². The van der Waals surface area contributed by atoms with Crippen molar-refractivity contribution < 1.29 is 4.48 Å². The van der Waals surface area contributed by atoms with Gasteiger partial charge in [-0.25, -0.2) is 0 Å². The topological polar surface area (TPSA) is 3.24 Å². The molecule has 10 heavy (non-hydrogen) atoms. The summed E-state index contributed by atoms with van der Waals surface area (Å²) in [6, 6.07) is 0. The highest BCUT2D eigenvalue weighted by Crippen LogP contribution is 2.30. The van der Waals surface area contributed by atoms with Gasteiger partial charge in [0.05, 0.1) is 28.4 Å². The summed E-state index contributed by atoms with van der Waals surface area (Å²) < 4.78 is 13.7. The van der Waals surface area contributed by atoms with Crippen LogP contribution in [-0.4, -0.2) is 8.87 Å². The lowest BCUT2D eigenvalue weighted by atomic mass is 9.91. The fourth-order valence-corrected chi connectivity index (χ4v) is 2.13. The number of halogens is 2. The normalized spacial score (nSPS) is 12.6. The molecule has 0 saturated heterocycles. The summed E-state index contributed by atoms with van der Waals surface area (Å²) in [5.74, 6) is 0. The average Bonchev–Trinajstić information content (AvgIpc) is 1.92. The SMILES string of the molecule is CCC(CC)(CC)N(F)I. The predicted octanol–water partition coefficient (Wildman–Crippen LogP) is 3.49. The summed E-state index contributed by atoms with van der Waals surface area (Å²) >= 11 is 1.72. The van der Waals surface area contributed by atoms with Crippen LogP contribution in [0, 0.1) is 0 Å². The van der Waals surface area contributed by atoms with Crippen LogP contribution in [-0.2, 0) is 0 Å². The Morgan fingerprint density at radius 1 is 1.20 bits per heavy atom. The van der Waals surface area contributed by atoms with E-state index in [9.17, 15) is 4.48 Å². The zero-order valence-electron chi connectivity index (χ0n) is 6.82. The smallest absolute Gasteiger partial charge is 0.0611 e.